The van der Waals surface area contributed by atoms with E-state index in [4.69, 9.17) is 9.63 Å². The summed E-state index contributed by atoms with van der Waals surface area (Å²) in [6.45, 7) is 3.19. The van der Waals surface area contributed by atoms with E-state index in [2.05, 4.69) is 9.88 Å². The van der Waals surface area contributed by atoms with Gasteiger partial charge in [0.1, 0.15) is 17.2 Å². The fourth-order valence-corrected chi connectivity index (χ4v) is 2.10. The topological polar surface area (TPSA) is 92.4 Å². The van der Waals surface area contributed by atoms with Crippen molar-refractivity contribution in [3.8, 4) is 0 Å². The molecule has 1 heterocycles. The van der Waals surface area contributed by atoms with E-state index < -0.39 is 16.1 Å². The van der Waals surface area contributed by atoms with E-state index in [1.54, 1.807) is 13.0 Å². The van der Waals surface area contributed by atoms with Gasteiger partial charge in [0.2, 0.25) is 10.0 Å². The maximum atomic E-state index is 11.4. The van der Waals surface area contributed by atoms with Crippen LogP contribution >= 0.6 is 0 Å². The average molecular weight is 234 g/mol. The van der Waals surface area contributed by atoms with Gasteiger partial charge >= 0.3 is 0 Å². The van der Waals surface area contributed by atoms with Crippen LogP contribution in [0.2, 0.25) is 0 Å². The number of hydrogen-bond acceptors (Lipinski definition) is 5. The number of nitrogens with zero attached hydrogens (tertiary/aromatic N) is 1. The summed E-state index contributed by atoms with van der Waals surface area (Å²) in [6, 6.07) is 1.56. The summed E-state index contributed by atoms with van der Waals surface area (Å²) in [5.74, 6) is 0.326. The number of sulfonamides is 1. The van der Waals surface area contributed by atoms with Crippen molar-refractivity contribution in [3.63, 3.8) is 0 Å². The molecule has 2 N–H and O–H groups in total. The lowest BCUT2D eigenvalue weighted by atomic mass is 10.4. The highest BCUT2D eigenvalue weighted by molar-refractivity contribution is 7.88. The van der Waals surface area contributed by atoms with Gasteiger partial charge in [-0.25, -0.2) is 13.1 Å². The second-order valence-electron chi connectivity index (χ2n) is 3.39. The Kier molecular flexibility index (Phi) is 3.83. The summed E-state index contributed by atoms with van der Waals surface area (Å²) >= 11 is 0. The molecule has 0 radical (unpaired) electrons. The number of aromatic nitrogens is 1. The van der Waals surface area contributed by atoms with Gasteiger partial charge in [-0.05, 0) is 13.8 Å². The van der Waals surface area contributed by atoms with E-state index in [9.17, 15) is 8.42 Å². The Morgan fingerprint density at radius 3 is 2.80 bits per heavy atom. The van der Waals surface area contributed by atoms with Gasteiger partial charge in [0.05, 0.1) is 6.10 Å². The van der Waals surface area contributed by atoms with Crippen molar-refractivity contribution < 1.29 is 18.0 Å². The molecule has 0 aliphatic rings. The van der Waals surface area contributed by atoms with Crippen molar-refractivity contribution in [3.05, 3.63) is 17.5 Å². The standard InChI is InChI=1S/C8H14N2O4S/c1-6(11)4-9-15(12,13)5-8-3-7(2)14-10-8/h3,6,9,11H,4-5H2,1-2H3/t6-/m1/s1. The smallest absolute Gasteiger partial charge is 0.217 e. The number of nitrogens with one attached hydrogen (secondary N) is 1. The van der Waals surface area contributed by atoms with E-state index in [-0.39, 0.29) is 12.3 Å². The Hall–Kier alpha value is -0.920. The Morgan fingerprint density at radius 1 is 1.67 bits per heavy atom. The van der Waals surface area contributed by atoms with Crippen LogP contribution in [0.25, 0.3) is 0 Å². The normalized spacial score (nSPS) is 14.1. The third-order valence-electron chi connectivity index (χ3n) is 1.61. The summed E-state index contributed by atoms with van der Waals surface area (Å²) in [5.41, 5.74) is 0.352. The van der Waals surface area contributed by atoms with Crippen molar-refractivity contribution >= 4 is 10.0 Å². The van der Waals surface area contributed by atoms with Crippen molar-refractivity contribution in [1.29, 1.82) is 0 Å². The summed E-state index contributed by atoms with van der Waals surface area (Å²) in [5, 5.41) is 12.5. The van der Waals surface area contributed by atoms with Crippen molar-refractivity contribution in [1.82, 2.24) is 9.88 Å². The van der Waals surface area contributed by atoms with Crippen LogP contribution in [0.5, 0.6) is 0 Å². The molecule has 15 heavy (non-hydrogen) atoms. The van der Waals surface area contributed by atoms with Gasteiger partial charge in [0.25, 0.3) is 0 Å². The summed E-state index contributed by atoms with van der Waals surface area (Å²) < 4.78 is 29.8. The molecule has 0 aliphatic carbocycles. The molecule has 0 aromatic carbocycles. The Morgan fingerprint density at radius 2 is 2.33 bits per heavy atom. The van der Waals surface area contributed by atoms with Crippen LogP contribution in [0.15, 0.2) is 10.6 Å². The highest BCUT2D eigenvalue weighted by Crippen LogP contribution is 2.05. The first kappa shape index (κ1) is 12.2. The molecule has 6 nitrogen and oxygen atoms in total. The van der Waals surface area contributed by atoms with E-state index in [0.717, 1.165) is 0 Å². The zero-order valence-corrected chi connectivity index (χ0v) is 9.41. The number of hydrogen-bond donors (Lipinski definition) is 2. The largest absolute Gasteiger partial charge is 0.392 e. The fourth-order valence-electron chi connectivity index (χ4n) is 0.979. The fraction of sp³-hybridized carbons (Fsp3) is 0.625. The first-order chi connectivity index (χ1) is 6.89. The Labute approximate surface area is 88.3 Å². The molecule has 0 saturated heterocycles. The highest BCUT2D eigenvalue weighted by atomic mass is 32.2. The van der Waals surface area contributed by atoms with Gasteiger partial charge in [-0.15, -0.1) is 0 Å². The predicted octanol–water partition coefficient (Wildman–Crippen LogP) is -0.217. The number of aryl methyl sites for hydroxylation is 1. The van der Waals surface area contributed by atoms with Crippen molar-refractivity contribution in [2.75, 3.05) is 6.54 Å². The maximum absolute atomic E-state index is 11.4. The van der Waals surface area contributed by atoms with E-state index in [1.807, 2.05) is 0 Å². The molecular weight excluding hydrogens is 220 g/mol. The van der Waals surface area contributed by atoms with Gasteiger partial charge in [0.15, 0.2) is 0 Å². The molecule has 0 unspecified atom stereocenters. The van der Waals surface area contributed by atoms with Crippen LogP contribution in [0.3, 0.4) is 0 Å². The van der Waals surface area contributed by atoms with Crippen LogP contribution in [-0.4, -0.2) is 31.3 Å². The molecule has 1 atom stereocenters. The highest BCUT2D eigenvalue weighted by Gasteiger charge is 2.14. The van der Waals surface area contributed by atoms with Gasteiger partial charge < -0.3 is 9.63 Å². The van der Waals surface area contributed by atoms with Crippen LogP contribution in [-0.2, 0) is 15.8 Å². The van der Waals surface area contributed by atoms with Crippen molar-refractivity contribution in [2.45, 2.75) is 25.7 Å². The molecule has 0 spiro atoms. The minimum atomic E-state index is -3.45. The molecule has 1 aromatic heterocycles. The lowest BCUT2D eigenvalue weighted by Crippen LogP contribution is -2.31. The molecule has 0 fully saturated rings. The summed E-state index contributed by atoms with van der Waals surface area (Å²) in [7, 11) is -3.45. The zero-order valence-electron chi connectivity index (χ0n) is 8.60. The molecule has 1 aromatic rings. The number of aliphatic hydroxyl groups excluding tert-OH is 1. The minimum absolute atomic E-state index is 0.000826. The second kappa shape index (κ2) is 4.73. The van der Waals surface area contributed by atoms with Crippen LogP contribution < -0.4 is 4.72 Å². The Bertz CT molecular complexity index is 410. The molecule has 86 valence electrons. The first-order valence-electron chi connectivity index (χ1n) is 4.46. The molecule has 0 amide bonds. The van der Waals surface area contributed by atoms with E-state index in [1.165, 1.54) is 6.92 Å². The average Bonchev–Trinajstić information content (AvgIpc) is 2.47. The zero-order chi connectivity index (χ0) is 11.5. The predicted molar refractivity (Wildman–Crippen MR) is 53.5 cm³/mol. The molecular formula is C8H14N2O4S. The SMILES string of the molecule is Cc1cc(CS(=O)(=O)NC[C@@H](C)O)no1. The molecule has 0 saturated carbocycles. The minimum Gasteiger partial charge on any atom is -0.392 e. The summed E-state index contributed by atoms with van der Waals surface area (Å²) in [6.07, 6.45) is -0.709. The van der Waals surface area contributed by atoms with Gasteiger partial charge in [-0.3, -0.25) is 0 Å². The van der Waals surface area contributed by atoms with Gasteiger partial charge in [0, 0.05) is 12.6 Å². The maximum Gasteiger partial charge on any atom is 0.217 e. The van der Waals surface area contributed by atoms with Gasteiger partial charge in [-0.2, -0.15) is 0 Å². The number of rotatable bonds is 5. The third-order valence-corrected chi connectivity index (χ3v) is 2.90. The van der Waals surface area contributed by atoms with E-state index in [0.29, 0.717) is 11.5 Å². The lowest BCUT2D eigenvalue weighted by Gasteiger charge is -2.06. The van der Waals surface area contributed by atoms with E-state index >= 15 is 0 Å². The van der Waals surface area contributed by atoms with Crippen LogP contribution in [0.4, 0.5) is 0 Å². The second-order valence-corrected chi connectivity index (χ2v) is 5.19. The molecule has 0 bridgehead atoms. The van der Waals surface area contributed by atoms with Crippen molar-refractivity contribution in [2.24, 2.45) is 0 Å². The summed E-state index contributed by atoms with van der Waals surface area (Å²) in [4.78, 5) is 0. The lowest BCUT2D eigenvalue weighted by molar-refractivity contribution is 0.198. The van der Waals surface area contributed by atoms with Crippen LogP contribution in [0, 0.1) is 6.92 Å². The first-order valence-corrected chi connectivity index (χ1v) is 6.12. The van der Waals surface area contributed by atoms with Crippen LogP contribution in [0.1, 0.15) is 18.4 Å². The monoisotopic (exact) mass is 234 g/mol. The molecule has 7 heteroatoms. The van der Waals surface area contributed by atoms with Gasteiger partial charge in [-0.1, -0.05) is 5.16 Å². The quantitative estimate of drug-likeness (QED) is 0.735. The number of aliphatic hydroxyl groups is 1. The third kappa shape index (κ3) is 4.41. The molecule has 1 rings (SSSR count). The molecule has 0 aliphatic heterocycles. The Balaban J connectivity index is 2.57.